The molecule has 6 nitrogen and oxygen atoms in total. The van der Waals surface area contributed by atoms with Crippen molar-refractivity contribution in [3.63, 3.8) is 0 Å². The molecule has 2 aromatic rings. The highest BCUT2D eigenvalue weighted by Gasteiger charge is 2.86. The molecule has 150 valence electrons. The van der Waals surface area contributed by atoms with Crippen molar-refractivity contribution in [1.29, 1.82) is 5.26 Å². The number of anilines is 1. The number of nitrogens with zero attached hydrogens (tertiary/aromatic N) is 1. The van der Waals surface area contributed by atoms with E-state index < -0.39 is 10.8 Å². The van der Waals surface area contributed by atoms with Crippen LogP contribution in [0.5, 0.6) is 17.2 Å². The van der Waals surface area contributed by atoms with E-state index in [2.05, 4.69) is 25.2 Å². The number of fused-ring (bicyclic) bond motifs is 5. The third-order valence-corrected chi connectivity index (χ3v) is 8.54. The fourth-order valence-electron chi connectivity index (χ4n) is 6.91. The van der Waals surface area contributed by atoms with E-state index in [0.717, 1.165) is 28.8 Å². The maximum atomic E-state index is 13.3. The average molecular weight is 400 g/mol. The lowest BCUT2D eigenvalue weighted by Crippen LogP contribution is -2.37. The van der Waals surface area contributed by atoms with Gasteiger partial charge in [-0.1, -0.05) is 32.0 Å². The first-order valence-corrected chi connectivity index (χ1v) is 10.4. The summed E-state index contributed by atoms with van der Waals surface area (Å²) < 4.78 is 18.0. The summed E-state index contributed by atoms with van der Waals surface area (Å²) in [7, 11) is 0. The third kappa shape index (κ3) is 1.44. The van der Waals surface area contributed by atoms with Crippen LogP contribution in [0.15, 0.2) is 30.3 Å². The molecule has 5 aliphatic rings. The predicted molar refractivity (Wildman–Crippen MR) is 107 cm³/mol. The van der Waals surface area contributed by atoms with Crippen molar-refractivity contribution in [3.8, 4) is 23.3 Å². The van der Waals surface area contributed by atoms with Gasteiger partial charge >= 0.3 is 0 Å². The smallest absolute Gasteiger partial charge is 0.243 e. The second kappa shape index (κ2) is 4.75. The highest BCUT2D eigenvalue weighted by atomic mass is 16.7. The number of hydrogen-bond donors (Lipinski definition) is 1. The Morgan fingerprint density at radius 3 is 2.67 bits per heavy atom. The summed E-state index contributed by atoms with van der Waals surface area (Å²) in [5.41, 5.74) is 1.64. The SMILES string of the molecule is CC1CC12C(C)C2(C#N)c1c2c(cc3c1OCC31C(=O)Nc3ccccc31)OCO2. The lowest BCUT2D eigenvalue weighted by Gasteiger charge is -2.21. The van der Waals surface area contributed by atoms with Crippen molar-refractivity contribution in [2.24, 2.45) is 17.3 Å². The number of nitrogens with one attached hydrogen (secondary N) is 1. The van der Waals surface area contributed by atoms with E-state index >= 15 is 0 Å². The quantitative estimate of drug-likeness (QED) is 0.793. The number of para-hydroxylation sites is 1. The van der Waals surface area contributed by atoms with E-state index in [4.69, 9.17) is 14.2 Å². The van der Waals surface area contributed by atoms with Crippen LogP contribution in [-0.4, -0.2) is 19.3 Å². The first kappa shape index (κ1) is 16.6. The molecular weight excluding hydrogens is 380 g/mol. The number of carbonyl (C=O) groups excluding carboxylic acids is 1. The van der Waals surface area contributed by atoms with Gasteiger partial charge in [0.05, 0.1) is 17.0 Å². The number of hydrogen-bond acceptors (Lipinski definition) is 5. The maximum absolute atomic E-state index is 13.3. The van der Waals surface area contributed by atoms with Gasteiger partial charge in [-0.25, -0.2) is 0 Å². The minimum Gasteiger partial charge on any atom is -0.491 e. The van der Waals surface area contributed by atoms with Gasteiger partial charge < -0.3 is 19.5 Å². The average Bonchev–Trinajstić information content (AvgIpc) is 3.24. The molecule has 3 heterocycles. The molecule has 2 fully saturated rings. The van der Waals surface area contributed by atoms with Gasteiger partial charge in [0.15, 0.2) is 11.5 Å². The van der Waals surface area contributed by atoms with Crippen molar-refractivity contribution in [2.45, 2.75) is 31.1 Å². The topological polar surface area (TPSA) is 80.6 Å². The van der Waals surface area contributed by atoms with E-state index in [0.29, 0.717) is 23.2 Å². The van der Waals surface area contributed by atoms with Crippen LogP contribution in [0.4, 0.5) is 5.69 Å². The Kier molecular flexibility index (Phi) is 2.63. The monoisotopic (exact) mass is 400 g/mol. The molecule has 5 unspecified atom stereocenters. The Balaban J connectivity index is 1.54. The number of benzene rings is 2. The highest BCUT2D eigenvalue weighted by molar-refractivity contribution is 6.10. The summed E-state index contributed by atoms with van der Waals surface area (Å²) in [6.07, 6.45) is 1.02. The number of amides is 1. The molecule has 7 rings (SSSR count). The van der Waals surface area contributed by atoms with E-state index in [1.165, 1.54) is 0 Å². The van der Waals surface area contributed by atoms with Gasteiger partial charge in [-0.05, 0) is 36.0 Å². The van der Waals surface area contributed by atoms with Gasteiger partial charge in [-0.15, -0.1) is 0 Å². The maximum Gasteiger partial charge on any atom is 0.243 e. The van der Waals surface area contributed by atoms with Crippen LogP contribution in [0, 0.1) is 28.6 Å². The second-order valence-electron chi connectivity index (χ2n) is 9.34. The number of nitriles is 1. The van der Waals surface area contributed by atoms with E-state index in [9.17, 15) is 10.1 Å². The van der Waals surface area contributed by atoms with Crippen molar-refractivity contribution >= 4 is 11.6 Å². The molecule has 0 bridgehead atoms. The fraction of sp³-hybridized carbons (Fsp3) is 0.417. The van der Waals surface area contributed by atoms with E-state index in [1.54, 1.807) is 0 Å². The van der Waals surface area contributed by atoms with Gasteiger partial charge in [0.25, 0.3) is 0 Å². The molecule has 30 heavy (non-hydrogen) atoms. The zero-order chi connectivity index (χ0) is 20.5. The molecule has 1 N–H and O–H groups in total. The summed E-state index contributed by atoms with van der Waals surface area (Å²) >= 11 is 0. The minimum absolute atomic E-state index is 0.0362. The van der Waals surface area contributed by atoms with Crippen LogP contribution >= 0.6 is 0 Å². The normalized spacial score (nSPS) is 38.1. The molecule has 0 saturated heterocycles. The van der Waals surface area contributed by atoms with Crippen molar-refractivity contribution in [3.05, 3.63) is 47.0 Å². The lowest BCUT2D eigenvalue weighted by molar-refractivity contribution is -0.119. The van der Waals surface area contributed by atoms with Crippen LogP contribution < -0.4 is 19.5 Å². The zero-order valence-corrected chi connectivity index (χ0v) is 16.7. The van der Waals surface area contributed by atoms with Crippen LogP contribution in [0.25, 0.3) is 0 Å². The second-order valence-corrected chi connectivity index (χ2v) is 9.34. The molecule has 0 aromatic heterocycles. The van der Waals surface area contributed by atoms with Gasteiger partial charge in [-0.3, -0.25) is 4.79 Å². The van der Waals surface area contributed by atoms with Gasteiger partial charge in [0.1, 0.15) is 17.8 Å². The summed E-state index contributed by atoms with van der Waals surface area (Å²) in [6, 6.07) is 12.3. The fourth-order valence-corrected chi connectivity index (χ4v) is 6.91. The lowest BCUT2D eigenvalue weighted by atomic mass is 9.75. The van der Waals surface area contributed by atoms with Crippen LogP contribution in [0.2, 0.25) is 0 Å². The van der Waals surface area contributed by atoms with Crippen LogP contribution in [0.3, 0.4) is 0 Å². The molecule has 1 amide bonds. The van der Waals surface area contributed by atoms with Gasteiger partial charge in [0.2, 0.25) is 12.7 Å². The molecule has 3 aliphatic heterocycles. The van der Waals surface area contributed by atoms with Crippen LogP contribution in [0.1, 0.15) is 37.0 Å². The third-order valence-electron chi connectivity index (χ3n) is 8.54. The van der Waals surface area contributed by atoms with Crippen molar-refractivity contribution in [1.82, 2.24) is 0 Å². The molecule has 2 aromatic carbocycles. The van der Waals surface area contributed by atoms with E-state index in [1.807, 2.05) is 30.3 Å². The van der Waals surface area contributed by atoms with Crippen molar-refractivity contribution in [2.75, 3.05) is 18.7 Å². The van der Waals surface area contributed by atoms with Gasteiger partial charge in [-0.2, -0.15) is 5.26 Å². The Morgan fingerprint density at radius 1 is 1.13 bits per heavy atom. The van der Waals surface area contributed by atoms with Crippen LogP contribution in [-0.2, 0) is 15.6 Å². The number of rotatable bonds is 1. The first-order valence-electron chi connectivity index (χ1n) is 10.4. The summed E-state index contributed by atoms with van der Waals surface area (Å²) in [5.74, 6) is 2.43. The van der Waals surface area contributed by atoms with Gasteiger partial charge in [0, 0.05) is 16.7 Å². The Hall–Kier alpha value is -3.20. The number of ether oxygens (including phenoxy) is 3. The summed E-state index contributed by atoms with van der Waals surface area (Å²) in [6.45, 7) is 4.68. The zero-order valence-electron chi connectivity index (χ0n) is 16.7. The summed E-state index contributed by atoms with van der Waals surface area (Å²) in [5, 5.41) is 13.4. The molecule has 0 radical (unpaired) electrons. The molecule has 5 atom stereocenters. The highest BCUT2D eigenvalue weighted by Crippen LogP contribution is 2.87. The largest absolute Gasteiger partial charge is 0.491 e. The molecule has 2 aliphatic carbocycles. The molecule has 6 heteroatoms. The summed E-state index contributed by atoms with van der Waals surface area (Å²) in [4.78, 5) is 13.3. The standard InChI is InChI=1S/C24H20N2O4/c1-12-8-23(12)13(2)24(23,9-25)18-19-15(7-17-20(18)30-11-29-17)22(10-28-19)14-5-3-4-6-16(14)26-21(22)27/h3-7,12-13H,8,10-11H2,1-2H3,(H,26,27). The van der Waals surface area contributed by atoms with Crippen molar-refractivity contribution < 1.29 is 19.0 Å². The Morgan fingerprint density at radius 2 is 1.93 bits per heavy atom. The molecule has 2 saturated carbocycles. The molecular formula is C24H20N2O4. The Bertz CT molecular complexity index is 1230. The predicted octanol–water partition coefficient (Wildman–Crippen LogP) is 3.48. The number of carbonyl (C=O) groups is 1. The minimum atomic E-state index is -0.932. The van der Waals surface area contributed by atoms with E-state index in [-0.39, 0.29) is 30.6 Å². The Labute approximate surface area is 173 Å². The first-order chi connectivity index (χ1) is 14.5. The molecule has 2 spiro atoms.